The number of hydrogen-bond acceptors (Lipinski definition) is 4. The molecule has 0 atom stereocenters. The van der Waals surface area contributed by atoms with Gasteiger partial charge in [-0.3, -0.25) is 0 Å². The van der Waals surface area contributed by atoms with E-state index in [-0.39, 0.29) is 0 Å². The van der Waals surface area contributed by atoms with Crippen molar-refractivity contribution in [1.29, 1.82) is 0 Å². The summed E-state index contributed by atoms with van der Waals surface area (Å²) in [6.07, 6.45) is 5.01. The average molecular weight is 265 g/mol. The van der Waals surface area contributed by atoms with E-state index in [1.807, 2.05) is 6.20 Å². The van der Waals surface area contributed by atoms with Gasteiger partial charge in [-0.15, -0.1) is 0 Å². The first-order valence-corrected chi connectivity index (χ1v) is 7.17. The molecule has 108 valence electrons. The molecule has 0 saturated heterocycles. The molecule has 0 aliphatic heterocycles. The van der Waals surface area contributed by atoms with Gasteiger partial charge >= 0.3 is 0 Å². The van der Waals surface area contributed by atoms with Crippen molar-refractivity contribution >= 4 is 5.82 Å². The summed E-state index contributed by atoms with van der Waals surface area (Å²) in [5.74, 6) is 1.06. The molecule has 0 radical (unpaired) electrons. The van der Waals surface area contributed by atoms with Gasteiger partial charge in [0.15, 0.2) is 0 Å². The maximum atomic E-state index is 8.76. The quantitative estimate of drug-likeness (QED) is 0.671. The van der Waals surface area contributed by atoms with Gasteiger partial charge in [0.1, 0.15) is 5.82 Å². The molecule has 0 amide bonds. The van der Waals surface area contributed by atoms with Crippen LogP contribution in [0.2, 0.25) is 0 Å². The van der Waals surface area contributed by atoms with Crippen LogP contribution in [0.25, 0.3) is 0 Å². The Morgan fingerprint density at radius 1 is 1.32 bits per heavy atom. The van der Waals surface area contributed by atoms with E-state index in [9.17, 15) is 0 Å². The molecule has 1 aromatic heterocycles. The average Bonchev–Trinajstić information content (AvgIpc) is 2.41. The molecule has 0 unspecified atom stereocenters. The van der Waals surface area contributed by atoms with Crippen molar-refractivity contribution in [1.82, 2.24) is 10.3 Å². The predicted molar refractivity (Wildman–Crippen MR) is 80.6 cm³/mol. The highest BCUT2D eigenvalue weighted by Crippen LogP contribution is 2.17. The Bertz CT molecular complexity index is 368. The molecule has 1 heterocycles. The Kier molecular flexibility index (Phi) is 7.45. The number of hydrogen-bond donors (Lipinski definition) is 2. The lowest BCUT2D eigenvalue weighted by molar-refractivity contribution is 0.283. The van der Waals surface area contributed by atoms with Crippen LogP contribution < -0.4 is 10.2 Å². The summed E-state index contributed by atoms with van der Waals surface area (Å²) >= 11 is 0. The van der Waals surface area contributed by atoms with E-state index in [0.717, 1.165) is 44.7 Å². The minimum atomic E-state index is 0.292. The van der Waals surface area contributed by atoms with Gasteiger partial charge in [-0.25, -0.2) is 4.98 Å². The lowest BCUT2D eigenvalue weighted by Crippen LogP contribution is -2.21. The van der Waals surface area contributed by atoms with Crippen LogP contribution in [0.3, 0.4) is 0 Å². The predicted octanol–water partition coefficient (Wildman–Crippen LogP) is 2.10. The van der Waals surface area contributed by atoms with Crippen molar-refractivity contribution in [2.75, 3.05) is 31.6 Å². The number of rotatable bonds is 9. The number of aliphatic hydroxyl groups excluding tert-OH is 1. The summed E-state index contributed by atoms with van der Waals surface area (Å²) in [6.45, 7) is 7.35. The summed E-state index contributed by atoms with van der Waals surface area (Å²) in [6, 6.07) is 2.20. The Morgan fingerprint density at radius 2 is 2.11 bits per heavy atom. The van der Waals surface area contributed by atoms with Crippen LogP contribution in [0, 0.1) is 6.92 Å². The van der Waals surface area contributed by atoms with Crippen LogP contribution in [0.4, 0.5) is 5.82 Å². The molecule has 1 rings (SSSR count). The maximum Gasteiger partial charge on any atom is 0.131 e. The third-order valence-corrected chi connectivity index (χ3v) is 3.20. The first kappa shape index (κ1) is 15.9. The van der Waals surface area contributed by atoms with Gasteiger partial charge in [-0.05, 0) is 49.9 Å². The van der Waals surface area contributed by atoms with E-state index in [2.05, 4.69) is 42.2 Å². The lowest BCUT2D eigenvalue weighted by atomic mass is 10.2. The molecule has 0 bridgehead atoms. The van der Waals surface area contributed by atoms with Gasteiger partial charge in [0.05, 0.1) is 0 Å². The van der Waals surface area contributed by atoms with E-state index < -0.39 is 0 Å². The van der Waals surface area contributed by atoms with Crippen molar-refractivity contribution in [3.05, 3.63) is 23.4 Å². The van der Waals surface area contributed by atoms with Crippen LogP contribution in [-0.4, -0.2) is 36.8 Å². The fraction of sp³-hybridized carbons (Fsp3) is 0.667. The Labute approximate surface area is 116 Å². The molecule has 0 aromatic carbocycles. The molecule has 0 fully saturated rings. The monoisotopic (exact) mass is 265 g/mol. The van der Waals surface area contributed by atoms with Crippen molar-refractivity contribution in [3.63, 3.8) is 0 Å². The topological polar surface area (TPSA) is 48.4 Å². The van der Waals surface area contributed by atoms with Crippen molar-refractivity contribution in [2.24, 2.45) is 0 Å². The standard InChI is InChI=1S/C15H27N3O/c1-4-16-11-14-10-13(2)15(17-12-14)18(3)8-6-5-7-9-19/h10,12,16,19H,4-9,11H2,1-3H3. The van der Waals surface area contributed by atoms with Crippen molar-refractivity contribution in [2.45, 2.75) is 39.7 Å². The molecule has 4 heteroatoms. The van der Waals surface area contributed by atoms with E-state index in [1.165, 1.54) is 11.1 Å². The molecule has 0 saturated carbocycles. The number of anilines is 1. The molecule has 0 aliphatic rings. The SMILES string of the molecule is CCNCc1cnc(N(C)CCCCCO)c(C)c1. The zero-order valence-corrected chi connectivity index (χ0v) is 12.4. The van der Waals surface area contributed by atoms with Gasteiger partial charge < -0.3 is 15.3 Å². The number of pyridine rings is 1. The Morgan fingerprint density at radius 3 is 2.74 bits per heavy atom. The highest BCUT2D eigenvalue weighted by atomic mass is 16.2. The van der Waals surface area contributed by atoms with Crippen LogP contribution in [0.1, 0.15) is 37.3 Å². The van der Waals surface area contributed by atoms with E-state index in [0.29, 0.717) is 6.61 Å². The second-order valence-electron chi connectivity index (χ2n) is 4.97. The van der Waals surface area contributed by atoms with E-state index in [1.54, 1.807) is 0 Å². The molecule has 2 N–H and O–H groups in total. The number of unbranched alkanes of at least 4 members (excludes halogenated alkanes) is 2. The van der Waals surface area contributed by atoms with Gasteiger partial charge in [-0.1, -0.05) is 6.92 Å². The minimum absolute atomic E-state index is 0.292. The zero-order valence-electron chi connectivity index (χ0n) is 12.4. The fourth-order valence-corrected chi connectivity index (χ4v) is 2.13. The summed E-state index contributed by atoms with van der Waals surface area (Å²) in [5, 5.41) is 12.1. The normalized spacial score (nSPS) is 10.7. The molecule has 0 aliphatic carbocycles. The number of aromatic nitrogens is 1. The maximum absolute atomic E-state index is 8.76. The second-order valence-corrected chi connectivity index (χ2v) is 4.97. The largest absolute Gasteiger partial charge is 0.396 e. The molecule has 1 aromatic rings. The summed E-state index contributed by atoms with van der Waals surface area (Å²) in [7, 11) is 2.08. The first-order valence-electron chi connectivity index (χ1n) is 7.17. The Hall–Kier alpha value is -1.13. The van der Waals surface area contributed by atoms with Crippen molar-refractivity contribution in [3.8, 4) is 0 Å². The van der Waals surface area contributed by atoms with Crippen LogP contribution >= 0.6 is 0 Å². The van der Waals surface area contributed by atoms with E-state index in [4.69, 9.17) is 5.11 Å². The van der Waals surface area contributed by atoms with E-state index >= 15 is 0 Å². The van der Waals surface area contributed by atoms with Crippen molar-refractivity contribution < 1.29 is 5.11 Å². The smallest absolute Gasteiger partial charge is 0.131 e. The van der Waals surface area contributed by atoms with Crippen LogP contribution in [0.15, 0.2) is 12.3 Å². The van der Waals surface area contributed by atoms with Crippen LogP contribution in [0.5, 0.6) is 0 Å². The molecule has 19 heavy (non-hydrogen) atoms. The fourth-order valence-electron chi connectivity index (χ4n) is 2.13. The van der Waals surface area contributed by atoms with Gasteiger partial charge in [0.25, 0.3) is 0 Å². The number of aliphatic hydroxyl groups is 1. The number of aryl methyl sites for hydroxylation is 1. The molecular weight excluding hydrogens is 238 g/mol. The molecule has 4 nitrogen and oxygen atoms in total. The summed E-state index contributed by atoms with van der Waals surface area (Å²) in [4.78, 5) is 6.76. The third kappa shape index (κ3) is 5.57. The lowest BCUT2D eigenvalue weighted by Gasteiger charge is -2.20. The Balaban J connectivity index is 2.52. The minimum Gasteiger partial charge on any atom is -0.396 e. The van der Waals surface area contributed by atoms with Gasteiger partial charge in [0.2, 0.25) is 0 Å². The van der Waals surface area contributed by atoms with Crippen LogP contribution in [-0.2, 0) is 6.54 Å². The highest BCUT2D eigenvalue weighted by Gasteiger charge is 2.06. The molecule has 0 spiro atoms. The zero-order chi connectivity index (χ0) is 14.1. The highest BCUT2D eigenvalue weighted by molar-refractivity contribution is 5.46. The number of nitrogens with one attached hydrogen (secondary N) is 1. The summed E-state index contributed by atoms with van der Waals surface area (Å²) in [5.41, 5.74) is 2.46. The van der Waals surface area contributed by atoms with Gasteiger partial charge in [-0.2, -0.15) is 0 Å². The number of nitrogens with zero attached hydrogens (tertiary/aromatic N) is 2. The summed E-state index contributed by atoms with van der Waals surface area (Å²) < 4.78 is 0. The van der Waals surface area contributed by atoms with Gasteiger partial charge in [0, 0.05) is 32.9 Å². The molecular formula is C15H27N3O. The second kappa shape index (κ2) is 8.88. The first-order chi connectivity index (χ1) is 9.19. The third-order valence-electron chi connectivity index (χ3n) is 3.20.